The first-order valence-electron chi connectivity index (χ1n) is 9.23. The molecule has 0 aromatic heterocycles. The van der Waals surface area contributed by atoms with Gasteiger partial charge in [-0.1, -0.05) is 81.9 Å². The average molecular weight is 497 g/mol. The first kappa shape index (κ1) is 27.1. The molecular formula is C23H30Cl2SiZr. The van der Waals surface area contributed by atoms with E-state index in [2.05, 4.69) is 83.7 Å². The molecular weight excluding hydrogens is 466 g/mol. The molecule has 1 aliphatic heterocycles. The van der Waals surface area contributed by atoms with Crippen LogP contribution in [0.15, 0.2) is 41.0 Å². The van der Waals surface area contributed by atoms with Crippen LogP contribution in [0.1, 0.15) is 57.7 Å². The van der Waals surface area contributed by atoms with Gasteiger partial charge in [0, 0.05) is 8.07 Å². The van der Waals surface area contributed by atoms with Crippen molar-refractivity contribution in [3.63, 3.8) is 0 Å². The molecule has 0 radical (unpaired) electrons. The van der Waals surface area contributed by atoms with E-state index in [0.717, 1.165) is 0 Å². The minimum atomic E-state index is -0.957. The van der Waals surface area contributed by atoms with E-state index in [0.29, 0.717) is 5.54 Å². The zero-order valence-electron chi connectivity index (χ0n) is 17.3. The summed E-state index contributed by atoms with van der Waals surface area (Å²) >= 11 is 0. The summed E-state index contributed by atoms with van der Waals surface area (Å²) in [6, 6.07) is 11.8. The second-order valence-electron chi connectivity index (χ2n) is 8.51. The molecule has 1 saturated heterocycles. The molecule has 0 nitrogen and oxygen atoms in total. The number of halogens is 2. The van der Waals surface area contributed by atoms with Gasteiger partial charge in [0.05, 0.1) is 0 Å². The molecule has 27 heavy (non-hydrogen) atoms. The fourth-order valence-electron chi connectivity index (χ4n) is 4.17. The third kappa shape index (κ3) is 5.39. The van der Waals surface area contributed by atoms with E-state index >= 15 is 0 Å². The van der Waals surface area contributed by atoms with Crippen molar-refractivity contribution in [2.45, 2.75) is 65.2 Å². The molecule has 0 amide bonds. The maximum Gasteiger partial charge on any atom is 4.00 e. The molecule has 4 heteroatoms. The molecule has 1 unspecified atom stereocenters. The van der Waals surface area contributed by atoms with Crippen molar-refractivity contribution in [3.05, 3.63) is 64.3 Å². The summed E-state index contributed by atoms with van der Waals surface area (Å²) in [5, 5.41) is 0. The first-order valence-corrected chi connectivity index (χ1v) is 12.2. The number of hydrogen-bond acceptors (Lipinski definition) is 0. The standard InChI is InChI=1S/C13H15Si.C10H15.2ClH.Zr/c1-14(9-4-10-14)13-8-7-11-5-2-3-6-12(11)13;1-7-6-10(4,5)9(3)8(7)2;;;/h2-3,5-7,13H,4,9-10H2,1H3;1-5H3;2*1H;/q2*-1;;;+4/p-2. The van der Waals surface area contributed by atoms with Crippen LogP contribution >= 0.6 is 0 Å². The summed E-state index contributed by atoms with van der Waals surface area (Å²) in [5.74, 6) is 0. The van der Waals surface area contributed by atoms with Gasteiger partial charge in [-0.2, -0.15) is 16.7 Å². The van der Waals surface area contributed by atoms with Crippen molar-refractivity contribution >= 4 is 14.1 Å². The quantitative estimate of drug-likeness (QED) is 0.398. The normalized spacial score (nSPS) is 22.7. The fourth-order valence-corrected chi connectivity index (χ4v) is 7.72. The maximum atomic E-state index is 3.60. The summed E-state index contributed by atoms with van der Waals surface area (Å²) in [7, 11) is -0.957. The Morgan fingerprint density at radius 1 is 1.04 bits per heavy atom. The predicted octanol–water partition coefficient (Wildman–Crippen LogP) is 0.739. The van der Waals surface area contributed by atoms with Crippen molar-refractivity contribution in [3.8, 4) is 0 Å². The molecule has 144 valence electrons. The maximum absolute atomic E-state index is 3.60. The Balaban J connectivity index is 0.000000473. The first-order chi connectivity index (χ1) is 11.2. The average Bonchev–Trinajstić information content (AvgIpc) is 3.02. The molecule has 1 fully saturated rings. The van der Waals surface area contributed by atoms with Gasteiger partial charge in [0.25, 0.3) is 0 Å². The van der Waals surface area contributed by atoms with Crippen LogP contribution in [0, 0.1) is 17.6 Å². The van der Waals surface area contributed by atoms with Gasteiger partial charge in [0.1, 0.15) is 0 Å². The van der Waals surface area contributed by atoms with Crippen LogP contribution in [0.2, 0.25) is 18.6 Å². The zero-order chi connectivity index (χ0) is 17.5. The van der Waals surface area contributed by atoms with Crippen molar-refractivity contribution in [2.24, 2.45) is 5.41 Å². The van der Waals surface area contributed by atoms with E-state index in [1.807, 2.05) is 0 Å². The molecule has 1 atom stereocenters. The largest absolute Gasteiger partial charge is 4.00 e. The minimum Gasteiger partial charge on any atom is -1.00 e. The molecule has 0 bridgehead atoms. The van der Waals surface area contributed by atoms with Crippen LogP contribution in [0.5, 0.6) is 0 Å². The number of allylic oxidation sites excluding steroid dienone is 5. The molecule has 3 aliphatic rings. The summed E-state index contributed by atoms with van der Waals surface area (Å²) in [6.45, 7) is 13.5. The minimum absolute atomic E-state index is 0. The second kappa shape index (κ2) is 10.2. The molecule has 0 spiro atoms. The van der Waals surface area contributed by atoms with E-state index in [4.69, 9.17) is 0 Å². The molecule has 1 heterocycles. The van der Waals surface area contributed by atoms with Gasteiger partial charge in [-0.15, -0.1) is 18.6 Å². The van der Waals surface area contributed by atoms with Crippen LogP contribution in [0.3, 0.4) is 0 Å². The van der Waals surface area contributed by atoms with Crippen LogP contribution < -0.4 is 24.8 Å². The van der Waals surface area contributed by atoms with E-state index in [1.165, 1.54) is 40.8 Å². The van der Waals surface area contributed by atoms with Gasteiger partial charge >= 0.3 is 26.2 Å². The summed E-state index contributed by atoms with van der Waals surface area (Å²) in [6.07, 6.45) is 10.7. The summed E-state index contributed by atoms with van der Waals surface area (Å²) in [5.41, 5.74) is 8.07. The van der Waals surface area contributed by atoms with Gasteiger partial charge < -0.3 is 24.8 Å². The van der Waals surface area contributed by atoms with Crippen molar-refractivity contribution in [1.82, 2.24) is 0 Å². The van der Waals surface area contributed by atoms with Gasteiger partial charge in [-0.05, 0) is 0 Å². The number of hydrogen-bond donors (Lipinski definition) is 0. The predicted molar refractivity (Wildman–Crippen MR) is 107 cm³/mol. The van der Waals surface area contributed by atoms with Gasteiger partial charge in [-0.3, -0.25) is 12.2 Å². The topological polar surface area (TPSA) is 0 Å². The monoisotopic (exact) mass is 494 g/mol. The van der Waals surface area contributed by atoms with Crippen LogP contribution in [0.25, 0.3) is 6.08 Å². The van der Waals surface area contributed by atoms with Crippen LogP contribution in [-0.2, 0) is 26.2 Å². The van der Waals surface area contributed by atoms with Gasteiger partial charge in [0.2, 0.25) is 0 Å². The Labute approximate surface area is 198 Å². The Morgan fingerprint density at radius 3 is 2.04 bits per heavy atom. The third-order valence-electron chi connectivity index (χ3n) is 6.47. The molecule has 4 rings (SSSR count). The van der Waals surface area contributed by atoms with E-state index in [1.54, 1.807) is 5.56 Å². The van der Waals surface area contributed by atoms with Gasteiger partial charge in [-0.25, -0.2) is 11.6 Å². The zero-order valence-corrected chi connectivity index (χ0v) is 22.3. The Kier molecular flexibility index (Phi) is 10.3. The Hall–Kier alpha value is 0.120. The fraction of sp³-hybridized carbons (Fsp3) is 0.478. The van der Waals surface area contributed by atoms with E-state index in [9.17, 15) is 0 Å². The third-order valence-corrected chi connectivity index (χ3v) is 11.3. The molecule has 0 saturated carbocycles. The Bertz CT molecular complexity index is 743. The SMILES string of the molecule is CC1=[C-]C(C)(C)C(C)=C1C.C[Si]1(C2[C-]=Cc3ccccc32)CCC1.[Cl-].[Cl-].[Zr+4]. The summed E-state index contributed by atoms with van der Waals surface area (Å²) < 4.78 is 0. The Morgan fingerprint density at radius 2 is 1.63 bits per heavy atom. The molecule has 2 aliphatic carbocycles. The number of fused-ring (bicyclic) bond motifs is 1. The summed E-state index contributed by atoms with van der Waals surface area (Å²) in [4.78, 5) is 0. The van der Waals surface area contributed by atoms with Crippen LogP contribution in [-0.4, -0.2) is 8.07 Å². The number of benzene rings is 1. The van der Waals surface area contributed by atoms with Gasteiger partial charge in [0.15, 0.2) is 0 Å². The van der Waals surface area contributed by atoms with Crippen LogP contribution in [0.4, 0.5) is 0 Å². The van der Waals surface area contributed by atoms with Crippen molar-refractivity contribution in [1.29, 1.82) is 0 Å². The smallest absolute Gasteiger partial charge is 1.00 e. The van der Waals surface area contributed by atoms with E-state index in [-0.39, 0.29) is 56.4 Å². The number of rotatable bonds is 1. The molecule has 0 N–H and O–H groups in total. The van der Waals surface area contributed by atoms with E-state index < -0.39 is 8.07 Å². The second-order valence-corrected chi connectivity index (χ2v) is 13.4. The molecule has 1 aromatic rings. The van der Waals surface area contributed by atoms with Crippen molar-refractivity contribution < 1.29 is 51.0 Å². The molecule has 1 aromatic carbocycles. The van der Waals surface area contributed by atoms with Crippen molar-refractivity contribution in [2.75, 3.05) is 0 Å².